The van der Waals surface area contributed by atoms with Crippen molar-refractivity contribution in [1.82, 2.24) is 19.7 Å². The van der Waals surface area contributed by atoms with Gasteiger partial charge in [-0.05, 0) is 55.4 Å². The summed E-state index contributed by atoms with van der Waals surface area (Å²) in [4.78, 5) is 22.0. The molecule has 2 aliphatic rings. The summed E-state index contributed by atoms with van der Waals surface area (Å²) in [6, 6.07) is 17.9. The van der Waals surface area contributed by atoms with E-state index in [9.17, 15) is 4.79 Å². The van der Waals surface area contributed by atoms with Crippen LogP contribution >= 0.6 is 0 Å². The van der Waals surface area contributed by atoms with Crippen LogP contribution in [0.4, 0.5) is 11.5 Å². The molecule has 2 aromatic heterocycles. The second-order valence-electron chi connectivity index (χ2n) is 9.74. The number of amides is 1. The zero-order chi connectivity index (χ0) is 23.8. The molecule has 0 radical (unpaired) electrons. The van der Waals surface area contributed by atoms with Crippen molar-refractivity contribution < 1.29 is 4.79 Å². The summed E-state index contributed by atoms with van der Waals surface area (Å²) in [6.07, 6.45) is 8.88. The van der Waals surface area contributed by atoms with Crippen LogP contribution in [0.2, 0.25) is 0 Å². The second kappa shape index (κ2) is 9.06. The molecule has 1 unspecified atom stereocenters. The van der Waals surface area contributed by atoms with Crippen LogP contribution in [-0.2, 0) is 6.42 Å². The fourth-order valence-electron chi connectivity index (χ4n) is 5.66. The number of hydrogen-bond donors (Lipinski definition) is 3. The lowest BCUT2D eigenvalue weighted by Gasteiger charge is -2.28. The molecule has 4 N–H and O–H groups in total. The Bertz CT molecular complexity index is 1330. The number of nitrogens with two attached hydrogens (primary N) is 1. The van der Waals surface area contributed by atoms with E-state index in [1.807, 2.05) is 36.5 Å². The molecule has 1 amide bonds. The number of anilines is 2. The molecule has 1 saturated carbocycles. The lowest BCUT2D eigenvalue weighted by atomic mass is 9.81. The number of carbonyl (C=O) groups is 1. The number of carbonyl (C=O) groups excluding carboxylic acids is 1. The van der Waals surface area contributed by atoms with E-state index in [2.05, 4.69) is 44.3 Å². The average Bonchev–Trinajstić information content (AvgIpc) is 3.51. The third kappa shape index (κ3) is 4.11. The summed E-state index contributed by atoms with van der Waals surface area (Å²) >= 11 is 0. The van der Waals surface area contributed by atoms with Crippen LogP contribution in [-0.4, -0.2) is 26.8 Å². The highest BCUT2D eigenvalue weighted by atomic mass is 16.1. The molecule has 1 fully saturated rings. The first kappa shape index (κ1) is 21.6. The molecule has 7 heteroatoms. The van der Waals surface area contributed by atoms with Gasteiger partial charge in [-0.25, -0.2) is 9.97 Å². The average molecular weight is 467 g/mol. The number of benzene rings is 2. The first-order chi connectivity index (χ1) is 17.2. The Kier molecular flexibility index (Phi) is 5.60. The molecule has 6 rings (SSSR count). The number of para-hydroxylation sites is 1. The zero-order valence-corrected chi connectivity index (χ0v) is 19.7. The lowest BCUT2D eigenvalue weighted by Crippen LogP contribution is -2.31. The van der Waals surface area contributed by atoms with Gasteiger partial charge < -0.3 is 16.4 Å². The Morgan fingerprint density at radius 3 is 2.63 bits per heavy atom. The number of hydrogen-bond acceptors (Lipinski definition) is 5. The topological polar surface area (TPSA) is 97.3 Å². The van der Waals surface area contributed by atoms with Gasteiger partial charge in [-0.1, -0.05) is 36.4 Å². The fourth-order valence-corrected chi connectivity index (χ4v) is 5.66. The third-order valence-corrected chi connectivity index (χ3v) is 7.54. The highest BCUT2D eigenvalue weighted by molar-refractivity contribution is 5.94. The fraction of sp³-hybridized carbons (Fsp3) is 0.321. The Labute approximate surface area is 204 Å². The van der Waals surface area contributed by atoms with Crippen molar-refractivity contribution in [3.63, 3.8) is 0 Å². The molecule has 7 nitrogen and oxygen atoms in total. The summed E-state index contributed by atoms with van der Waals surface area (Å²) in [5, 5.41) is 6.75. The zero-order valence-electron chi connectivity index (χ0n) is 19.7. The quantitative estimate of drug-likeness (QED) is 0.395. The van der Waals surface area contributed by atoms with Crippen molar-refractivity contribution in [3.05, 3.63) is 89.6 Å². The molecule has 1 aliphatic heterocycles. The number of nitrogens with one attached hydrogen (secondary N) is 2. The number of nitrogens with zero attached hydrogens (tertiary/aromatic N) is 3. The highest BCUT2D eigenvalue weighted by Gasteiger charge is 2.31. The first-order valence-electron chi connectivity index (χ1n) is 12.5. The number of fused-ring (bicyclic) bond motifs is 2. The van der Waals surface area contributed by atoms with Crippen LogP contribution in [0.1, 0.15) is 65.1 Å². The van der Waals surface area contributed by atoms with Gasteiger partial charge in [0.15, 0.2) is 0 Å². The Hall–Kier alpha value is -3.87. The van der Waals surface area contributed by atoms with Gasteiger partial charge in [-0.2, -0.15) is 0 Å². The predicted molar refractivity (Wildman–Crippen MR) is 137 cm³/mol. The van der Waals surface area contributed by atoms with Gasteiger partial charge in [0.05, 0.1) is 11.7 Å². The van der Waals surface area contributed by atoms with E-state index in [1.165, 1.54) is 11.3 Å². The van der Waals surface area contributed by atoms with E-state index in [0.29, 0.717) is 23.2 Å². The molecule has 0 spiro atoms. The minimum atomic E-state index is 0.00431. The summed E-state index contributed by atoms with van der Waals surface area (Å²) in [5.41, 5.74) is 11.5. The van der Waals surface area contributed by atoms with E-state index < -0.39 is 0 Å². The van der Waals surface area contributed by atoms with Crippen molar-refractivity contribution in [3.8, 4) is 0 Å². The van der Waals surface area contributed by atoms with Crippen molar-refractivity contribution in [2.45, 2.75) is 44.1 Å². The van der Waals surface area contributed by atoms with Gasteiger partial charge in [-0.3, -0.25) is 9.20 Å². The van der Waals surface area contributed by atoms with Crippen molar-refractivity contribution in [1.29, 1.82) is 0 Å². The van der Waals surface area contributed by atoms with Crippen LogP contribution in [0.15, 0.2) is 67.0 Å². The second-order valence-corrected chi connectivity index (χ2v) is 9.74. The summed E-state index contributed by atoms with van der Waals surface area (Å²) < 4.78 is 2.16. The Balaban J connectivity index is 1.17. The lowest BCUT2D eigenvalue weighted by molar-refractivity contribution is 0.0942. The number of imidazole rings is 1. The highest BCUT2D eigenvalue weighted by Crippen LogP contribution is 2.40. The predicted octanol–water partition coefficient (Wildman–Crippen LogP) is 4.72. The number of aromatic nitrogens is 3. The van der Waals surface area contributed by atoms with E-state index in [0.717, 1.165) is 55.7 Å². The standard InChI is InChI=1S/C28H30N6O/c29-26-25-24(23-16-21-8-4-5-9-22(21)32-23)33-27(34(25)15-14-30-26)19-12-10-18(11-13-19)17-31-28(35)20-6-2-1-3-7-20/h1-9,14-15,18-19,23,32H,10-13,16-17H2,(H2,29,30)(H,31,35). The first-order valence-corrected chi connectivity index (χ1v) is 12.5. The molecule has 4 aromatic rings. The molecule has 1 atom stereocenters. The Morgan fingerprint density at radius 2 is 1.83 bits per heavy atom. The van der Waals surface area contributed by atoms with E-state index in [-0.39, 0.29) is 11.9 Å². The molecular weight excluding hydrogens is 436 g/mol. The maximum absolute atomic E-state index is 12.4. The van der Waals surface area contributed by atoms with Gasteiger partial charge in [-0.15, -0.1) is 0 Å². The van der Waals surface area contributed by atoms with Gasteiger partial charge in [0.25, 0.3) is 5.91 Å². The Morgan fingerprint density at radius 1 is 1.06 bits per heavy atom. The maximum atomic E-state index is 12.4. The van der Waals surface area contributed by atoms with Crippen LogP contribution in [0, 0.1) is 5.92 Å². The SMILES string of the molecule is Nc1nccn2c(C3CCC(CNC(=O)c4ccccc4)CC3)nc(C3Cc4ccccc4N3)c12. The van der Waals surface area contributed by atoms with Crippen LogP contribution in [0.25, 0.3) is 5.52 Å². The van der Waals surface area contributed by atoms with Gasteiger partial charge in [0.1, 0.15) is 17.2 Å². The minimum absolute atomic E-state index is 0.00431. The van der Waals surface area contributed by atoms with Crippen molar-refractivity contribution in [2.75, 3.05) is 17.6 Å². The van der Waals surface area contributed by atoms with Gasteiger partial charge in [0, 0.05) is 42.5 Å². The largest absolute Gasteiger partial charge is 0.382 e. The summed E-state index contributed by atoms with van der Waals surface area (Å²) in [7, 11) is 0. The molecule has 0 bridgehead atoms. The summed E-state index contributed by atoms with van der Waals surface area (Å²) in [6.45, 7) is 0.717. The molecule has 2 aromatic carbocycles. The van der Waals surface area contributed by atoms with Crippen LogP contribution < -0.4 is 16.4 Å². The minimum Gasteiger partial charge on any atom is -0.382 e. The van der Waals surface area contributed by atoms with Crippen LogP contribution in [0.5, 0.6) is 0 Å². The van der Waals surface area contributed by atoms with E-state index in [1.54, 1.807) is 6.20 Å². The number of rotatable bonds is 5. The molecule has 1 aliphatic carbocycles. The van der Waals surface area contributed by atoms with E-state index in [4.69, 9.17) is 10.7 Å². The van der Waals surface area contributed by atoms with Gasteiger partial charge in [0.2, 0.25) is 0 Å². The smallest absolute Gasteiger partial charge is 0.251 e. The van der Waals surface area contributed by atoms with Crippen molar-refractivity contribution >= 4 is 22.9 Å². The molecule has 178 valence electrons. The molecule has 35 heavy (non-hydrogen) atoms. The normalized spacial score (nSPS) is 21.4. The molecule has 0 saturated heterocycles. The van der Waals surface area contributed by atoms with Crippen molar-refractivity contribution in [2.24, 2.45) is 5.92 Å². The van der Waals surface area contributed by atoms with Gasteiger partial charge >= 0.3 is 0 Å². The van der Waals surface area contributed by atoms with E-state index >= 15 is 0 Å². The van der Waals surface area contributed by atoms with Crippen LogP contribution in [0.3, 0.4) is 0 Å². The third-order valence-electron chi connectivity index (χ3n) is 7.54. The maximum Gasteiger partial charge on any atom is 0.251 e. The number of nitrogen functional groups attached to an aromatic ring is 1. The monoisotopic (exact) mass is 466 g/mol. The summed E-state index contributed by atoms with van der Waals surface area (Å²) in [5.74, 6) is 2.46. The molecular formula is C28H30N6O. The molecule has 3 heterocycles.